The second-order valence-corrected chi connectivity index (χ2v) is 3.56. The molecule has 18 heavy (non-hydrogen) atoms. The number of oxazole rings is 1. The molecule has 1 amide bonds. The van der Waals surface area contributed by atoms with E-state index in [4.69, 9.17) is 4.42 Å². The summed E-state index contributed by atoms with van der Waals surface area (Å²) in [4.78, 5) is 21.9. The number of nitrogens with one attached hydrogen (secondary N) is 1. The summed E-state index contributed by atoms with van der Waals surface area (Å²) >= 11 is 0. The van der Waals surface area contributed by atoms with E-state index in [9.17, 15) is 22.8 Å². The van der Waals surface area contributed by atoms with Gasteiger partial charge in [-0.05, 0) is 18.2 Å². The molecule has 1 aromatic carbocycles. The molecule has 0 spiro atoms. The van der Waals surface area contributed by atoms with Gasteiger partial charge in [-0.3, -0.25) is 9.36 Å². The number of aromatic nitrogens is 1. The molecular formula is C10H7F3N2O3. The van der Waals surface area contributed by atoms with Gasteiger partial charge in [0.25, 0.3) is 0 Å². The highest BCUT2D eigenvalue weighted by Crippen LogP contribution is 2.21. The molecule has 0 aliphatic heterocycles. The Bertz CT molecular complexity index is 669. The molecule has 1 aromatic heterocycles. The van der Waals surface area contributed by atoms with Gasteiger partial charge >= 0.3 is 17.8 Å². The number of hydrogen-bond acceptors (Lipinski definition) is 3. The third kappa shape index (κ3) is 2.08. The van der Waals surface area contributed by atoms with Crippen molar-refractivity contribution < 1.29 is 22.4 Å². The van der Waals surface area contributed by atoms with E-state index >= 15 is 0 Å². The van der Waals surface area contributed by atoms with Gasteiger partial charge in [0, 0.05) is 12.7 Å². The fourth-order valence-electron chi connectivity index (χ4n) is 1.41. The minimum absolute atomic E-state index is 0.0683. The summed E-state index contributed by atoms with van der Waals surface area (Å²) in [6, 6.07) is 3.75. The number of rotatable bonds is 1. The van der Waals surface area contributed by atoms with Crippen LogP contribution in [0, 0.1) is 0 Å². The van der Waals surface area contributed by atoms with Crippen LogP contribution >= 0.6 is 0 Å². The smallest absolute Gasteiger partial charge is 0.408 e. The molecule has 0 saturated heterocycles. The van der Waals surface area contributed by atoms with Gasteiger partial charge in [-0.1, -0.05) is 0 Å². The Balaban J connectivity index is 2.39. The summed E-state index contributed by atoms with van der Waals surface area (Å²) in [5, 5.41) is 1.69. The van der Waals surface area contributed by atoms with E-state index < -0.39 is 17.8 Å². The van der Waals surface area contributed by atoms with E-state index in [0.29, 0.717) is 5.52 Å². The van der Waals surface area contributed by atoms with Gasteiger partial charge in [-0.2, -0.15) is 13.2 Å². The summed E-state index contributed by atoms with van der Waals surface area (Å²) in [7, 11) is 1.41. The number of amides is 1. The van der Waals surface area contributed by atoms with Gasteiger partial charge in [-0.25, -0.2) is 4.79 Å². The van der Waals surface area contributed by atoms with E-state index in [0.717, 1.165) is 4.57 Å². The number of alkyl halides is 3. The van der Waals surface area contributed by atoms with Crippen LogP contribution in [0.5, 0.6) is 0 Å². The Morgan fingerprint density at radius 1 is 1.39 bits per heavy atom. The van der Waals surface area contributed by atoms with Crippen molar-refractivity contribution in [3.05, 3.63) is 28.7 Å². The monoisotopic (exact) mass is 260 g/mol. The van der Waals surface area contributed by atoms with Crippen molar-refractivity contribution in [2.24, 2.45) is 7.05 Å². The lowest BCUT2D eigenvalue weighted by atomic mass is 10.3. The third-order valence-electron chi connectivity index (χ3n) is 2.31. The van der Waals surface area contributed by atoms with Crippen LogP contribution in [0.15, 0.2) is 27.4 Å². The van der Waals surface area contributed by atoms with Crippen molar-refractivity contribution >= 4 is 22.7 Å². The van der Waals surface area contributed by atoms with Crippen molar-refractivity contribution in [3.63, 3.8) is 0 Å². The summed E-state index contributed by atoms with van der Waals surface area (Å²) in [6.07, 6.45) is -4.96. The molecule has 0 aliphatic rings. The Hall–Kier alpha value is -2.25. The number of aryl methyl sites for hydroxylation is 1. The lowest BCUT2D eigenvalue weighted by molar-refractivity contribution is -0.167. The van der Waals surface area contributed by atoms with Crippen molar-refractivity contribution in [2.45, 2.75) is 6.18 Å². The molecule has 0 bridgehead atoms. The zero-order valence-electron chi connectivity index (χ0n) is 9.04. The van der Waals surface area contributed by atoms with Gasteiger partial charge in [-0.15, -0.1) is 0 Å². The van der Waals surface area contributed by atoms with Crippen LogP contribution in [-0.2, 0) is 11.8 Å². The van der Waals surface area contributed by atoms with Gasteiger partial charge < -0.3 is 9.73 Å². The van der Waals surface area contributed by atoms with Gasteiger partial charge in [0.1, 0.15) is 0 Å². The van der Waals surface area contributed by atoms with E-state index in [1.54, 1.807) is 5.32 Å². The molecule has 2 rings (SSSR count). The fourth-order valence-corrected chi connectivity index (χ4v) is 1.41. The number of halogens is 3. The molecule has 5 nitrogen and oxygen atoms in total. The average molecular weight is 260 g/mol. The minimum Gasteiger partial charge on any atom is -0.408 e. The van der Waals surface area contributed by atoms with Crippen molar-refractivity contribution in [1.29, 1.82) is 0 Å². The first kappa shape index (κ1) is 12.2. The maximum absolute atomic E-state index is 12.0. The van der Waals surface area contributed by atoms with Crippen LogP contribution < -0.4 is 11.1 Å². The Morgan fingerprint density at radius 3 is 2.67 bits per heavy atom. The Kier molecular flexibility index (Phi) is 2.64. The van der Waals surface area contributed by atoms with Crippen LogP contribution in [0.25, 0.3) is 11.1 Å². The molecular weight excluding hydrogens is 253 g/mol. The average Bonchev–Trinajstić information content (AvgIpc) is 2.54. The Morgan fingerprint density at radius 2 is 2.06 bits per heavy atom. The topological polar surface area (TPSA) is 64.2 Å². The molecule has 96 valence electrons. The van der Waals surface area contributed by atoms with Crippen LogP contribution in [0.2, 0.25) is 0 Å². The SMILES string of the molecule is Cn1c(=O)oc2ccc(NC(=O)C(F)(F)F)cc21. The molecule has 1 N–H and O–H groups in total. The van der Waals surface area contributed by atoms with E-state index in [-0.39, 0.29) is 11.3 Å². The van der Waals surface area contributed by atoms with Crippen LogP contribution in [0.4, 0.5) is 18.9 Å². The first-order chi connectivity index (χ1) is 8.29. The molecule has 2 aromatic rings. The van der Waals surface area contributed by atoms with Crippen molar-refractivity contribution in [1.82, 2.24) is 4.57 Å². The largest absolute Gasteiger partial charge is 0.471 e. The predicted molar refractivity (Wildman–Crippen MR) is 56.1 cm³/mol. The second kappa shape index (κ2) is 3.90. The van der Waals surface area contributed by atoms with Gasteiger partial charge in [0.2, 0.25) is 0 Å². The molecule has 0 fully saturated rings. The lowest BCUT2D eigenvalue weighted by Crippen LogP contribution is -2.29. The van der Waals surface area contributed by atoms with Crippen LogP contribution in [0.1, 0.15) is 0 Å². The van der Waals surface area contributed by atoms with Crippen molar-refractivity contribution in [2.75, 3.05) is 5.32 Å². The number of carbonyl (C=O) groups excluding carboxylic acids is 1. The van der Waals surface area contributed by atoms with Crippen LogP contribution in [0.3, 0.4) is 0 Å². The fraction of sp³-hybridized carbons (Fsp3) is 0.200. The molecule has 0 saturated carbocycles. The van der Waals surface area contributed by atoms with E-state index in [1.807, 2.05) is 0 Å². The summed E-state index contributed by atoms with van der Waals surface area (Å²) in [5.74, 6) is -2.71. The first-order valence-electron chi connectivity index (χ1n) is 4.77. The first-order valence-corrected chi connectivity index (χ1v) is 4.77. The number of carbonyl (C=O) groups is 1. The quantitative estimate of drug-likeness (QED) is 0.847. The number of nitrogens with zero attached hydrogens (tertiary/aromatic N) is 1. The minimum atomic E-state index is -4.96. The molecule has 0 unspecified atom stereocenters. The second-order valence-electron chi connectivity index (χ2n) is 3.56. The molecule has 0 atom stereocenters. The predicted octanol–water partition coefficient (Wildman–Crippen LogP) is 1.63. The van der Waals surface area contributed by atoms with E-state index in [1.165, 1.54) is 25.2 Å². The summed E-state index contributed by atoms with van der Waals surface area (Å²) in [5.41, 5.74) is 0.453. The molecule has 8 heteroatoms. The molecule has 1 heterocycles. The standard InChI is InChI=1S/C10H7F3N2O3/c1-15-6-4-5(14-8(16)10(11,12)13)2-3-7(6)18-9(15)17/h2-4H,1H3,(H,14,16). The zero-order chi connectivity index (χ0) is 13.5. The normalized spacial score (nSPS) is 11.8. The number of fused-ring (bicyclic) bond motifs is 1. The summed E-state index contributed by atoms with van der Waals surface area (Å²) < 4.78 is 42.1. The van der Waals surface area contributed by atoms with Crippen LogP contribution in [-0.4, -0.2) is 16.7 Å². The lowest BCUT2D eigenvalue weighted by Gasteiger charge is -2.07. The zero-order valence-corrected chi connectivity index (χ0v) is 9.04. The Labute approximate surface area is 97.8 Å². The van der Waals surface area contributed by atoms with Gasteiger partial charge in [0.05, 0.1) is 5.52 Å². The highest BCUT2D eigenvalue weighted by molar-refractivity contribution is 5.96. The molecule has 0 radical (unpaired) electrons. The third-order valence-corrected chi connectivity index (χ3v) is 2.31. The maximum atomic E-state index is 12.0. The van der Waals surface area contributed by atoms with E-state index in [2.05, 4.69) is 0 Å². The maximum Gasteiger partial charge on any atom is 0.471 e. The highest BCUT2D eigenvalue weighted by Gasteiger charge is 2.38. The van der Waals surface area contributed by atoms with Gasteiger partial charge in [0.15, 0.2) is 5.58 Å². The molecule has 0 aliphatic carbocycles. The number of anilines is 1. The number of hydrogen-bond donors (Lipinski definition) is 1. The summed E-state index contributed by atoms with van der Waals surface area (Å²) in [6.45, 7) is 0. The highest BCUT2D eigenvalue weighted by atomic mass is 19.4. The van der Waals surface area contributed by atoms with Crippen molar-refractivity contribution in [3.8, 4) is 0 Å². The number of benzene rings is 1.